The fraction of sp³-hybridized carbons (Fsp3) is 0.438. The Bertz CT molecular complexity index is 605. The first-order valence-corrected chi connectivity index (χ1v) is 8.36. The summed E-state index contributed by atoms with van der Waals surface area (Å²) in [4.78, 5) is 13.8. The lowest BCUT2D eigenvalue weighted by molar-refractivity contribution is 0.0697. The smallest absolute Gasteiger partial charge is 0.339 e. The largest absolute Gasteiger partial charge is 0.478 e. The topological polar surface area (TPSA) is 53.7 Å². The first-order valence-electron chi connectivity index (χ1n) is 7.21. The average Bonchev–Trinajstić information content (AvgIpc) is 2.85. The standard InChI is InChI=1S/C16H21NO3S/c1-3-17(4-2)9-10-21-11-14-15(16(18)19)12-7-5-6-8-13(12)20-14/h5-8H,3-4,9-11H2,1-2H3,(H,18,19). The van der Waals surface area contributed by atoms with Crippen LogP contribution >= 0.6 is 11.8 Å². The van der Waals surface area contributed by atoms with E-state index in [0.717, 1.165) is 25.4 Å². The van der Waals surface area contributed by atoms with Gasteiger partial charge in [-0.1, -0.05) is 32.0 Å². The molecule has 0 atom stereocenters. The molecule has 1 aromatic heterocycles. The number of hydrogen-bond acceptors (Lipinski definition) is 4. The van der Waals surface area contributed by atoms with Crippen LogP contribution in [0.4, 0.5) is 0 Å². The van der Waals surface area contributed by atoms with E-state index in [0.29, 0.717) is 28.0 Å². The molecule has 2 rings (SSSR count). The van der Waals surface area contributed by atoms with Crippen LogP contribution in [0.5, 0.6) is 0 Å². The van der Waals surface area contributed by atoms with E-state index >= 15 is 0 Å². The van der Waals surface area contributed by atoms with Gasteiger partial charge < -0.3 is 14.4 Å². The molecular weight excluding hydrogens is 286 g/mol. The Morgan fingerprint density at radius 2 is 2.00 bits per heavy atom. The summed E-state index contributed by atoms with van der Waals surface area (Å²) >= 11 is 1.71. The van der Waals surface area contributed by atoms with E-state index in [2.05, 4.69) is 18.7 Å². The normalized spacial score (nSPS) is 11.4. The molecule has 0 radical (unpaired) electrons. The van der Waals surface area contributed by atoms with Gasteiger partial charge in [-0.2, -0.15) is 11.8 Å². The molecule has 0 spiro atoms. The Hall–Kier alpha value is -1.46. The van der Waals surface area contributed by atoms with Crippen LogP contribution < -0.4 is 0 Å². The van der Waals surface area contributed by atoms with Crippen LogP contribution in [0.1, 0.15) is 30.0 Å². The van der Waals surface area contributed by atoms with Crippen LogP contribution in [-0.4, -0.2) is 41.4 Å². The Kier molecular flexibility index (Phi) is 5.70. The summed E-state index contributed by atoms with van der Waals surface area (Å²) < 4.78 is 5.70. The molecule has 1 N–H and O–H groups in total. The van der Waals surface area contributed by atoms with Gasteiger partial charge in [-0.3, -0.25) is 0 Å². The summed E-state index contributed by atoms with van der Waals surface area (Å²) in [5.74, 6) is 1.21. The summed E-state index contributed by atoms with van der Waals surface area (Å²) in [6, 6.07) is 7.30. The molecule has 1 aromatic carbocycles. The molecule has 0 saturated carbocycles. The molecule has 0 aliphatic rings. The molecular formula is C16H21NO3S. The lowest BCUT2D eigenvalue weighted by Gasteiger charge is -2.17. The van der Waals surface area contributed by atoms with Crippen molar-refractivity contribution in [3.05, 3.63) is 35.6 Å². The summed E-state index contributed by atoms with van der Waals surface area (Å²) in [5, 5.41) is 10.1. The van der Waals surface area contributed by atoms with Gasteiger partial charge in [-0.05, 0) is 19.2 Å². The Morgan fingerprint density at radius 1 is 1.29 bits per heavy atom. The van der Waals surface area contributed by atoms with E-state index in [1.165, 1.54) is 0 Å². The lowest BCUT2D eigenvalue weighted by atomic mass is 10.1. The highest BCUT2D eigenvalue weighted by atomic mass is 32.2. The van der Waals surface area contributed by atoms with Gasteiger partial charge >= 0.3 is 5.97 Å². The predicted octanol–water partition coefficient (Wildman–Crippen LogP) is 3.71. The van der Waals surface area contributed by atoms with Gasteiger partial charge in [0.2, 0.25) is 0 Å². The summed E-state index contributed by atoms with van der Waals surface area (Å²) in [6.45, 7) is 7.40. The fourth-order valence-corrected chi connectivity index (χ4v) is 3.25. The van der Waals surface area contributed by atoms with Crippen LogP contribution in [0.15, 0.2) is 28.7 Å². The summed E-state index contributed by atoms with van der Waals surface area (Å²) in [7, 11) is 0. The van der Waals surface area contributed by atoms with E-state index < -0.39 is 5.97 Å². The Labute approximate surface area is 129 Å². The quantitative estimate of drug-likeness (QED) is 0.754. The van der Waals surface area contributed by atoms with Gasteiger partial charge in [-0.25, -0.2) is 4.79 Å². The number of carbonyl (C=O) groups is 1. The van der Waals surface area contributed by atoms with Crippen LogP contribution in [0.3, 0.4) is 0 Å². The number of rotatable bonds is 8. The highest BCUT2D eigenvalue weighted by Gasteiger charge is 2.19. The molecule has 0 amide bonds. The fourth-order valence-electron chi connectivity index (χ4n) is 2.33. The Morgan fingerprint density at radius 3 is 2.67 bits per heavy atom. The van der Waals surface area contributed by atoms with Gasteiger partial charge in [0.25, 0.3) is 0 Å². The lowest BCUT2D eigenvalue weighted by Crippen LogP contribution is -2.25. The number of furan rings is 1. The van der Waals surface area contributed by atoms with Crippen molar-refractivity contribution in [2.24, 2.45) is 0 Å². The van der Waals surface area contributed by atoms with Crippen LogP contribution in [0.2, 0.25) is 0 Å². The van der Waals surface area contributed by atoms with Crippen LogP contribution in [-0.2, 0) is 5.75 Å². The van der Waals surface area contributed by atoms with Crippen molar-refractivity contribution in [2.45, 2.75) is 19.6 Å². The minimum absolute atomic E-state index is 0.306. The van der Waals surface area contributed by atoms with Crippen molar-refractivity contribution in [2.75, 3.05) is 25.4 Å². The molecule has 0 unspecified atom stereocenters. The molecule has 114 valence electrons. The summed E-state index contributed by atoms with van der Waals surface area (Å²) in [5.41, 5.74) is 0.954. The molecule has 4 nitrogen and oxygen atoms in total. The van der Waals surface area contributed by atoms with Gasteiger partial charge in [0.1, 0.15) is 16.9 Å². The van der Waals surface area contributed by atoms with E-state index in [1.807, 2.05) is 18.2 Å². The van der Waals surface area contributed by atoms with E-state index in [4.69, 9.17) is 4.42 Å². The highest BCUT2D eigenvalue weighted by Crippen LogP contribution is 2.28. The zero-order valence-electron chi connectivity index (χ0n) is 12.5. The number of hydrogen-bond donors (Lipinski definition) is 1. The molecule has 0 saturated heterocycles. The minimum atomic E-state index is -0.917. The van der Waals surface area contributed by atoms with Gasteiger partial charge in [-0.15, -0.1) is 0 Å². The second-order valence-corrected chi connectivity index (χ2v) is 5.89. The van der Waals surface area contributed by atoms with E-state index in [1.54, 1.807) is 17.8 Å². The third kappa shape index (κ3) is 3.80. The SMILES string of the molecule is CCN(CC)CCSCc1oc2ccccc2c1C(=O)O. The molecule has 1 heterocycles. The van der Waals surface area contributed by atoms with Gasteiger partial charge in [0.15, 0.2) is 0 Å². The average molecular weight is 307 g/mol. The second kappa shape index (κ2) is 7.52. The molecule has 0 fully saturated rings. The molecule has 5 heteroatoms. The molecule has 0 bridgehead atoms. The Balaban J connectivity index is 2.05. The minimum Gasteiger partial charge on any atom is -0.478 e. The van der Waals surface area contributed by atoms with Crippen molar-refractivity contribution in [3.8, 4) is 0 Å². The number of fused-ring (bicyclic) bond motifs is 1. The highest BCUT2D eigenvalue weighted by molar-refractivity contribution is 7.98. The number of carboxylic acids is 1. The number of nitrogens with zero attached hydrogens (tertiary/aromatic N) is 1. The van der Waals surface area contributed by atoms with Crippen molar-refractivity contribution < 1.29 is 14.3 Å². The third-order valence-electron chi connectivity index (χ3n) is 3.56. The third-order valence-corrected chi connectivity index (χ3v) is 4.50. The number of benzene rings is 1. The zero-order valence-corrected chi connectivity index (χ0v) is 13.3. The number of para-hydroxylation sites is 1. The number of thioether (sulfide) groups is 1. The van der Waals surface area contributed by atoms with Crippen molar-refractivity contribution in [1.29, 1.82) is 0 Å². The van der Waals surface area contributed by atoms with E-state index in [-0.39, 0.29) is 0 Å². The summed E-state index contributed by atoms with van der Waals surface area (Å²) in [6.07, 6.45) is 0. The zero-order chi connectivity index (χ0) is 15.2. The molecule has 0 aliphatic carbocycles. The van der Waals surface area contributed by atoms with Crippen molar-refractivity contribution in [1.82, 2.24) is 4.90 Å². The van der Waals surface area contributed by atoms with Crippen molar-refractivity contribution >= 4 is 28.7 Å². The maximum absolute atomic E-state index is 11.5. The van der Waals surface area contributed by atoms with Crippen LogP contribution in [0.25, 0.3) is 11.0 Å². The monoisotopic (exact) mass is 307 g/mol. The predicted molar refractivity (Wildman–Crippen MR) is 87.1 cm³/mol. The van der Waals surface area contributed by atoms with Gasteiger partial charge in [0.05, 0.1) is 5.75 Å². The van der Waals surface area contributed by atoms with E-state index in [9.17, 15) is 9.90 Å². The van der Waals surface area contributed by atoms with Crippen molar-refractivity contribution in [3.63, 3.8) is 0 Å². The molecule has 2 aromatic rings. The maximum atomic E-state index is 11.5. The number of carboxylic acid groups (broad SMARTS) is 1. The first-order chi connectivity index (χ1) is 10.2. The molecule has 21 heavy (non-hydrogen) atoms. The first kappa shape index (κ1) is 15.9. The van der Waals surface area contributed by atoms with Gasteiger partial charge in [0, 0.05) is 17.7 Å². The maximum Gasteiger partial charge on any atom is 0.339 e. The molecule has 0 aliphatic heterocycles. The number of aromatic carboxylic acids is 1. The van der Waals surface area contributed by atoms with Crippen LogP contribution in [0, 0.1) is 0 Å². The second-order valence-electron chi connectivity index (χ2n) is 4.78.